The molecule has 0 aliphatic rings. The van der Waals surface area contributed by atoms with Gasteiger partial charge in [0, 0.05) is 12.1 Å². The predicted molar refractivity (Wildman–Crippen MR) is 73.0 cm³/mol. The first kappa shape index (κ1) is 12.3. The van der Waals surface area contributed by atoms with Crippen molar-refractivity contribution < 1.29 is 10.2 Å². The second-order valence-corrected chi connectivity index (χ2v) is 4.44. The summed E-state index contributed by atoms with van der Waals surface area (Å²) in [5, 5.41) is 22.3. The van der Waals surface area contributed by atoms with Crippen LogP contribution >= 0.6 is 0 Å². The second kappa shape index (κ2) is 5.45. The van der Waals surface area contributed by atoms with Crippen molar-refractivity contribution in [2.75, 3.05) is 5.32 Å². The SMILES string of the molecule is CC(Cc1ccccc1)Nc1cc(O)ccc1O. The van der Waals surface area contributed by atoms with Crippen LogP contribution in [0.3, 0.4) is 0 Å². The number of phenolic OH excluding ortho intramolecular Hbond substituents is 2. The van der Waals surface area contributed by atoms with Crippen LogP contribution in [0.2, 0.25) is 0 Å². The standard InChI is InChI=1S/C15H17NO2/c1-11(9-12-5-3-2-4-6-12)16-14-10-13(17)7-8-15(14)18/h2-8,10-11,16-18H,9H2,1H3. The highest BCUT2D eigenvalue weighted by atomic mass is 16.3. The van der Waals surface area contributed by atoms with Crippen LogP contribution in [-0.4, -0.2) is 16.3 Å². The van der Waals surface area contributed by atoms with Gasteiger partial charge in [-0.3, -0.25) is 0 Å². The molecule has 3 nitrogen and oxygen atoms in total. The van der Waals surface area contributed by atoms with E-state index in [1.807, 2.05) is 25.1 Å². The van der Waals surface area contributed by atoms with E-state index < -0.39 is 0 Å². The molecule has 3 N–H and O–H groups in total. The molecule has 0 bridgehead atoms. The van der Waals surface area contributed by atoms with E-state index in [0.29, 0.717) is 5.69 Å². The highest BCUT2D eigenvalue weighted by molar-refractivity contribution is 5.59. The Morgan fingerprint density at radius 2 is 1.78 bits per heavy atom. The quantitative estimate of drug-likeness (QED) is 0.571. The molecule has 2 rings (SSSR count). The summed E-state index contributed by atoms with van der Waals surface area (Å²) in [4.78, 5) is 0. The average molecular weight is 243 g/mol. The number of rotatable bonds is 4. The number of hydrogen-bond donors (Lipinski definition) is 3. The minimum absolute atomic E-state index is 0.141. The van der Waals surface area contributed by atoms with Crippen molar-refractivity contribution >= 4 is 5.69 Å². The van der Waals surface area contributed by atoms with Crippen molar-refractivity contribution in [3.8, 4) is 11.5 Å². The summed E-state index contributed by atoms with van der Waals surface area (Å²) < 4.78 is 0. The van der Waals surface area contributed by atoms with Gasteiger partial charge in [0.1, 0.15) is 11.5 Å². The van der Waals surface area contributed by atoms with E-state index in [-0.39, 0.29) is 17.5 Å². The van der Waals surface area contributed by atoms with Crippen LogP contribution in [0.1, 0.15) is 12.5 Å². The molecule has 1 atom stereocenters. The highest BCUT2D eigenvalue weighted by Gasteiger charge is 2.07. The van der Waals surface area contributed by atoms with Gasteiger partial charge in [-0.05, 0) is 31.0 Å². The van der Waals surface area contributed by atoms with E-state index in [2.05, 4.69) is 17.4 Å². The van der Waals surface area contributed by atoms with Gasteiger partial charge < -0.3 is 15.5 Å². The van der Waals surface area contributed by atoms with Gasteiger partial charge in [0.15, 0.2) is 0 Å². The zero-order valence-corrected chi connectivity index (χ0v) is 10.3. The zero-order chi connectivity index (χ0) is 13.0. The zero-order valence-electron chi connectivity index (χ0n) is 10.3. The van der Waals surface area contributed by atoms with Gasteiger partial charge in [-0.25, -0.2) is 0 Å². The lowest BCUT2D eigenvalue weighted by atomic mass is 10.1. The fourth-order valence-corrected chi connectivity index (χ4v) is 1.92. The number of nitrogens with one attached hydrogen (secondary N) is 1. The molecule has 94 valence electrons. The third kappa shape index (κ3) is 3.17. The fraction of sp³-hybridized carbons (Fsp3) is 0.200. The van der Waals surface area contributed by atoms with E-state index in [4.69, 9.17) is 0 Å². The average Bonchev–Trinajstić information content (AvgIpc) is 2.35. The maximum Gasteiger partial charge on any atom is 0.138 e. The summed E-state index contributed by atoms with van der Waals surface area (Å²) in [6.45, 7) is 2.04. The molecule has 18 heavy (non-hydrogen) atoms. The van der Waals surface area contributed by atoms with Gasteiger partial charge in [-0.1, -0.05) is 30.3 Å². The van der Waals surface area contributed by atoms with E-state index >= 15 is 0 Å². The topological polar surface area (TPSA) is 52.5 Å². The van der Waals surface area contributed by atoms with Crippen molar-refractivity contribution in [3.05, 3.63) is 54.1 Å². The molecule has 3 heteroatoms. The van der Waals surface area contributed by atoms with Crippen LogP contribution in [0.15, 0.2) is 48.5 Å². The lowest BCUT2D eigenvalue weighted by Crippen LogP contribution is -2.18. The molecule has 2 aromatic carbocycles. The molecule has 0 aliphatic heterocycles. The molecule has 0 aliphatic carbocycles. The van der Waals surface area contributed by atoms with Gasteiger partial charge in [0.05, 0.1) is 5.69 Å². The number of anilines is 1. The molecule has 0 fully saturated rings. The van der Waals surface area contributed by atoms with Gasteiger partial charge >= 0.3 is 0 Å². The molecular formula is C15H17NO2. The summed E-state index contributed by atoms with van der Waals surface area (Å²) in [7, 11) is 0. The Hall–Kier alpha value is -2.16. The van der Waals surface area contributed by atoms with Crippen LogP contribution < -0.4 is 5.32 Å². The van der Waals surface area contributed by atoms with Crippen molar-refractivity contribution in [3.63, 3.8) is 0 Å². The number of aromatic hydroxyl groups is 2. The van der Waals surface area contributed by atoms with E-state index in [1.54, 1.807) is 0 Å². The lowest BCUT2D eigenvalue weighted by molar-refractivity contribution is 0.461. The van der Waals surface area contributed by atoms with Gasteiger partial charge in [0.2, 0.25) is 0 Å². The van der Waals surface area contributed by atoms with Crippen LogP contribution in [0.4, 0.5) is 5.69 Å². The summed E-state index contributed by atoms with van der Waals surface area (Å²) in [5.41, 5.74) is 1.79. The van der Waals surface area contributed by atoms with E-state index in [1.165, 1.54) is 23.8 Å². The molecule has 0 spiro atoms. The summed E-state index contributed by atoms with van der Waals surface area (Å²) in [5.74, 6) is 0.287. The molecule has 0 saturated carbocycles. The van der Waals surface area contributed by atoms with Crippen LogP contribution in [0, 0.1) is 0 Å². The van der Waals surface area contributed by atoms with Crippen molar-refractivity contribution in [1.29, 1.82) is 0 Å². The van der Waals surface area contributed by atoms with Gasteiger partial charge in [0.25, 0.3) is 0 Å². The molecule has 0 heterocycles. The normalized spacial score (nSPS) is 12.1. The molecule has 1 unspecified atom stereocenters. The fourth-order valence-electron chi connectivity index (χ4n) is 1.92. The van der Waals surface area contributed by atoms with Gasteiger partial charge in [-0.15, -0.1) is 0 Å². The minimum Gasteiger partial charge on any atom is -0.508 e. The largest absolute Gasteiger partial charge is 0.508 e. The summed E-state index contributed by atoms with van der Waals surface area (Å²) >= 11 is 0. The monoisotopic (exact) mass is 243 g/mol. The van der Waals surface area contributed by atoms with Crippen LogP contribution in [-0.2, 0) is 6.42 Å². The molecule has 2 aromatic rings. The first-order valence-corrected chi connectivity index (χ1v) is 5.97. The maximum absolute atomic E-state index is 9.68. The maximum atomic E-state index is 9.68. The van der Waals surface area contributed by atoms with Gasteiger partial charge in [-0.2, -0.15) is 0 Å². The lowest BCUT2D eigenvalue weighted by Gasteiger charge is -2.16. The predicted octanol–water partition coefficient (Wildman–Crippen LogP) is 3.14. The highest BCUT2D eigenvalue weighted by Crippen LogP contribution is 2.28. The number of benzene rings is 2. The Bertz CT molecular complexity index is 511. The Morgan fingerprint density at radius 1 is 1.06 bits per heavy atom. The van der Waals surface area contributed by atoms with Crippen LogP contribution in [0.25, 0.3) is 0 Å². The molecule has 0 amide bonds. The Labute approximate surface area is 107 Å². The third-order valence-electron chi connectivity index (χ3n) is 2.77. The van der Waals surface area contributed by atoms with E-state index in [9.17, 15) is 10.2 Å². The first-order chi connectivity index (χ1) is 8.65. The molecule has 0 radical (unpaired) electrons. The minimum atomic E-state index is 0.141. The molecule has 0 aromatic heterocycles. The van der Waals surface area contributed by atoms with Crippen LogP contribution in [0.5, 0.6) is 11.5 Å². The Balaban J connectivity index is 2.03. The smallest absolute Gasteiger partial charge is 0.138 e. The van der Waals surface area contributed by atoms with Crippen molar-refractivity contribution in [1.82, 2.24) is 0 Å². The number of hydrogen-bond acceptors (Lipinski definition) is 3. The van der Waals surface area contributed by atoms with E-state index in [0.717, 1.165) is 6.42 Å². The van der Waals surface area contributed by atoms with Crippen molar-refractivity contribution in [2.24, 2.45) is 0 Å². The number of phenols is 2. The second-order valence-electron chi connectivity index (χ2n) is 4.44. The Morgan fingerprint density at radius 3 is 2.50 bits per heavy atom. The van der Waals surface area contributed by atoms with Crippen molar-refractivity contribution in [2.45, 2.75) is 19.4 Å². The molecular weight excluding hydrogens is 226 g/mol. The first-order valence-electron chi connectivity index (χ1n) is 5.97. The third-order valence-corrected chi connectivity index (χ3v) is 2.77. The summed E-state index contributed by atoms with van der Waals surface area (Å²) in [6, 6.07) is 14.8. The molecule has 0 saturated heterocycles. The summed E-state index contributed by atoms with van der Waals surface area (Å²) in [6.07, 6.45) is 0.857. The Kier molecular flexibility index (Phi) is 3.72.